The number of nitrogens with one attached hydrogen (secondary N) is 1. The van der Waals surface area contributed by atoms with Gasteiger partial charge in [-0.1, -0.05) is 30.4 Å². The van der Waals surface area contributed by atoms with E-state index in [1.807, 2.05) is 24.3 Å². The van der Waals surface area contributed by atoms with E-state index in [-0.39, 0.29) is 19.1 Å². The number of ether oxygens (including phenoxy) is 1. The molecule has 1 saturated heterocycles. The van der Waals surface area contributed by atoms with Crippen LogP contribution >= 0.6 is 0 Å². The summed E-state index contributed by atoms with van der Waals surface area (Å²) in [5.41, 5.74) is 0.190. The summed E-state index contributed by atoms with van der Waals surface area (Å²) >= 11 is 0. The lowest BCUT2D eigenvalue weighted by atomic mass is 9.96. The number of carbonyl (C=O) groups excluding carboxylic acids is 2. The van der Waals surface area contributed by atoms with E-state index >= 15 is 0 Å². The van der Waals surface area contributed by atoms with E-state index in [2.05, 4.69) is 17.5 Å². The third-order valence-corrected chi connectivity index (χ3v) is 4.64. The first-order valence-corrected chi connectivity index (χ1v) is 8.57. The number of carbonyl (C=O) groups is 2. The summed E-state index contributed by atoms with van der Waals surface area (Å²) in [6, 6.07) is 7.32. The first-order chi connectivity index (χ1) is 11.9. The van der Waals surface area contributed by atoms with Crippen LogP contribution in [0.15, 0.2) is 36.4 Å². The molecule has 1 aliphatic heterocycles. The standard InChI is InChI=1S/C19H24N2O4/c1-19(2)17(23)21(18(24)20-19)11-14(22)12-25-16-10-6-5-9-15(16)13-7-3-4-8-13/h3-6,9-10,13-14,22H,7-8,11-12H2,1-2H3,(H,20,24). The highest BCUT2D eigenvalue weighted by molar-refractivity contribution is 6.06. The molecule has 25 heavy (non-hydrogen) atoms. The lowest BCUT2D eigenvalue weighted by Crippen LogP contribution is -2.42. The second-order valence-electron chi connectivity index (χ2n) is 7.11. The highest BCUT2D eigenvalue weighted by Gasteiger charge is 2.44. The number of rotatable bonds is 6. The molecule has 1 heterocycles. The molecule has 0 bridgehead atoms. The number of urea groups is 1. The molecule has 1 aromatic carbocycles. The van der Waals surface area contributed by atoms with Gasteiger partial charge in [-0.3, -0.25) is 9.69 Å². The number of nitrogens with zero attached hydrogens (tertiary/aromatic N) is 1. The SMILES string of the molecule is CC1(C)NC(=O)N(CC(O)COc2ccccc2C2CC=CC2)C1=O. The molecule has 6 nitrogen and oxygen atoms in total. The molecule has 134 valence electrons. The van der Waals surface area contributed by atoms with Crippen molar-refractivity contribution in [3.05, 3.63) is 42.0 Å². The zero-order valence-electron chi connectivity index (χ0n) is 14.6. The fourth-order valence-corrected chi connectivity index (χ4v) is 3.25. The zero-order valence-corrected chi connectivity index (χ0v) is 14.6. The summed E-state index contributed by atoms with van der Waals surface area (Å²) in [6.07, 6.45) is 5.35. The van der Waals surface area contributed by atoms with Gasteiger partial charge in [-0.2, -0.15) is 0 Å². The molecule has 2 N–H and O–H groups in total. The highest BCUT2D eigenvalue weighted by atomic mass is 16.5. The van der Waals surface area contributed by atoms with E-state index in [9.17, 15) is 14.7 Å². The van der Waals surface area contributed by atoms with Gasteiger partial charge in [0.15, 0.2) is 0 Å². The predicted molar refractivity (Wildman–Crippen MR) is 93.4 cm³/mol. The Hall–Kier alpha value is -2.34. The van der Waals surface area contributed by atoms with Crippen LogP contribution in [-0.2, 0) is 4.79 Å². The molecule has 0 aromatic heterocycles. The van der Waals surface area contributed by atoms with Gasteiger partial charge in [-0.25, -0.2) is 4.79 Å². The highest BCUT2D eigenvalue weighted by Crippen LogP contribution is 2.35. The molecule has 0 saturated carbocycles. The minimum absolute atomic E-state index is 0.0225. The number of allylic oxidation sites excluding steroid dienone is 2. The van der Waals surface area contributed by atoms with Gasteiger partial charge in [0.25, 0.3) is 5.91 Å². The summed E-state index contributed by atoms with van der Waals surface area (Å²) in [4.78, 5) is 25.1. The van der Waals surface area contributed by atoms with Crippen LogP contribution in [-0.4, -0.2) is 46.7 Å². The first-order valence-electron chi connectivity index (χ1n) is 8.57. The topological polar surface area (TPSA) is 78.9 Å². The second-order valence-corrected chi connectivity index (χ2v) is 7.11. The molecule has 2 aliphatic rings. The summed E-state index contributed by atoms with van der Waals surface area (Å²) in [5, 5.41) is 12.8. The van der Waals surface area contributed by atoms with Crippen LogP contribution in [0.2, 0.25) is 0 Å². The molecular formula is C19H24N2O4. The zero-order chi connectivity index (χ0) is 18.0. The number of hydrogen-bond acceptors (Lipinski definition) is 4. The van der Waals surface area contributed by atoms with E-state index in [4.69, 9.17) is 4.74 Å². The number of aliphatic hydroxyl groups excluding tert-OH is 1. The number of β-amino-alcohol motifs (C(OH)–C–C–N with tert-alkyl or cyclic N) is 1. The van der Waals surface area contributed by atoms with Crippen molar-refractivity contribution in [2.75, 3.05) is 13.2 Å². The van der Waals surface area contributed by atoms with E-state index in [0.29, 0.717) is 5.92 Å². The van der Waals surface area contributed by atoms with Gasteiger partial charge < -0.3 is 15.2 Å². The number of aliphatic hydroxyl groups is 1. The summed E-state index contributed by atoms with van der Waals surface area (Å²) < 4.78 is 5.80. The van der Waals surface area contributed by atoms with Gasteiger partial charge >= 0.3 is 6.03 Å². The Balaban J connectivity index is 1.59. The van der Waals surface area contributed by atoms with Crippen LogP contribution in [0.1, 0.15) is 38.2 Å². The van der Waals surface area contributed by atoms with Crippen molar-refractivity contribution >= 4 is 11.9 Å². The van der Waals surface area contributed by atoms with Gasteiger partial charge in [0.1, 0.15) is 24.0 Å². The molecule has 3 amide bonds. The van der Waals surface area contributed by atoms with E-state index in [1.165, 1.54) is 0 Å². The van der Waals surface area contributed by atoms with E-state index in [1.54, 1.807) is 13.8 Å². The minimum Gasteiger partial charge on any atom is -0.491 e. The van der Waals surface area contributed by atoms with Crippen molar-refractivity contribution in [2.45, 2.75) is 44.2 Å². The Morgan fingerprint density at radius 2 is 1.96 bits per heavy atom. The van der Waals surface area contributed by atoms with Gasteiger partial charge in [-0.15, -0.1) is 0 Å². The summed E-state index contributed by atoms with van der Waals surface area (Å²) in [6.45, 7) is 3.22. The predicted octanol–water partition coefficient (Wildman–Crippen LogP) is 2.19. The van der Waals surface area contributed by atoms with Gasteiger partial charge in [-0.05, 0) is 44.2 Å². The number of para-hydroxylation sites is 1. The molecule has 1 unspecified atom stereocenters. The van der Waals surface area contributed by atoms with Crippen LogP contribution in [0.25, 0.3) is 0 Å². The van der Waals surface area contributed by atoms with Crippen molar-refractivity contribution in [3.63, 3.8) is 0 Å². The van der Waals surface area contributed by atoms with Crippen molar-refractivity contribution in [1.82, 2.24) is 10.2 Å². The lowest BCUT2D eigenvalue weighted by molar-refractivity contribution is -0.131. The molecule has 1 fully saturated rings. The molecule has 6 heteroatoms. The van der Waals surface area contributed by atoms with Crippen molar-refractivity contribution in [1.29, 1.82) is 0 Å². The van der Waals surface area contributed by atoms with Gasteiger partial charge in [0, 0.05) is 0 Å². The molecule has 1 aliphatic carbocycles. The Bertz CT molecular complexity index is 690. The van der Waals surface area contributed by atoms with Gasteiger partial charge in [0.2, 0.25) is 0 Å². The van der Waals surface area contributed by atoms with Crippen LogP contribution in [0, 0.1) is 0 Å². The first kappa shape index (κ1) is 17.5. The van der Waals surface area contributed by atoms with Crippen LogP contribution in [0.3, 0.4) is 0 Å². The lowest BCUT2D eigenvalue weighted by Gasteiger charge is -2.21. The van der Waals surface area contributed by atoms with E-state index < -0.39 is 17.7 Å². The molecule has 1 atom stereocenters. The van der Waals surface area contributed by atoms with Crippen molar-refractivity contribution < 1.29 is 19.4 Å². The molecule has 0 spiro atoms. The minimum atomic E-state index is -0.946. The monoisotopic (exact) mass is 344 g/mol. The molecule has 3 rings (SSSR count). The number of hydrogen-bond donors (Lipinski definition) is 2. The Kier molecular flexibility index (Phi) is 4.81. The fourth-order valence-electron chi connectivity index (χ4n) is 3.25. The maximum Gasteiger partial charge on any atom is 0.325 e. The summed E-state index contributed by atoms with van der Waals surface area (Å²) in [5.74, 6) is 0.807. The Morgan fingerprint density at radius 3 is 2.60 bits per heavy atom. The largest absolute Gasteiger partial charge is 0.491 e. The molecule has 0 radical (unpaired) electrons. The molecule has 1 aromatic rings. The van der Waals surface area contributed by atoms with Crippen LogP contribution in [0.4, 0.5) is 4.79 Å². The smallest absolute Gasteiger partial charge is 0.325 e. The molecular weight excluding hydrogens is 320 g/mol. The Labute approximate surface area is 147 Å². The number of amides is 3. The van der Waals surface area contributed by atoms with Crippen molar-refractivity contribution in [2.24, 2.45) is 0 Å². The third kappa shape index (κ3) is 3.69. The Morgan fingerprint density at radius 1 is 1.28 bits per heavy atom. The average molecular weight is 344 g/mol. The van der Waals surface area contributed by atoms with Crippen LogP contribution < -0.4 is 10.1 Å². The van der Waals surface area contributed by atoms with Crippen molar-refractivity contribution in [3.8, 4) is 5.75 Å². The van der Waals surface area contributed by atoms with Crippen LogP contribution in [0.5, 0.6) is 5.75 Å². The number of benzene rings is 1. The maximum atomic E-state index is 12.2. The maximum absolute atomic E-state index is 12.2. The fraction of sp³-hybridized carbons (Fsp3) is 0.474. The normalized spacial score (nSPS) is 20.8. The average Bonchev–Trinajstić information content (AvgIpc) is 3.16. The summed E-state index contributed by atoms with van der Waals surface area (Å²) in [7, 11) is 0. The second kappa shape index (κ2) is 6.88. The van der Waals surface area contributed by atoms with E-state index in [0.717, 1.165) is 29.1 Å². The quantitative estimate of drug-likeness (QED) is 0.612. The number of imide groups is 1. The van der Waals surface area contributed by atoms with Gasteiger partial charge in [0.05, 0.1) is 6.54 Å². The third-order valence-electron chi connectivity index (χ3n) is 4.64.